The number of carbonyl (C=O) groups excluding carboxylic acids is 4. The summed E-state index contributed by atoms with van der Waals surface area (Å²) >= 11 is 1.31. The van der Waals surface area contributed by atoms with E-state index in [9.17, 15) is 19.2 Å². The first-order valence-corrected chi connectivity index (χ1v) is 9.67. The fourth-order valence-electron chi connectivity index (χ4n) is 2.31. The van der Waals surface area contributed by atoms with Crippen molar-refractivity contribution in [2.75, 3.05) is 32.6 Å². The molecular formula is C20H22N2O6S. The fraction of sp³-hybridized carbons (Fsp3) is 0.300. The van der Waals surface area contributed by atoms with Crippen LogP contribution in [0.2, 0.25) is 0 Å². The van der Waals surface area contributed by atoms with Crippen LogP contribution in [0.1, 0.15) is 22.5 Å². The van der Waals surface area contributed by atoms with Gasteiger partial charge in [0.2, 0.25) is 5.91 Å². The molecule has 1 aromatic heterocycles. The maximum Gasteiger partial charge on any atom is 0.306 e. The molecule has 154 valence electrons. The predicted molar refractivity (Wildman–Crippen MR) is 108 cm³/mol. The standard InChI is InChI=1S/C20H22N2O6S/c1-22(12-18(24)21-14-5-3-6-15(11-14)27-2)19(25)13-28-20(26)9-8-16(23)17-7-4-10-29-17/h3-7,10-11H,8-9,12-13H2,1-2H3,(H,21,24). The second-order valence-electron chi connectivity index (χ2n) is 6.09. The Hall–Kier alpha value is -3.20. The molecule has 0 bridgehead atoms. The number of Topliss-reactive ketones (excluding diaryl/α,β-unsaturated/α-hetero) is 1. The smallest absolute Gasteiger partial charge is 0.306 e. The van der Waals surface area contributed by atoms with Crippen LogP contribution in [0.3, 0.4) is 0 Å². The van der Waals surface area contributed by atoms with Crippen LogP contribution in [0.5, 0.6) is 5.75 Å². The highest BCUT2D eigenvalue weighted by molar-refractivity contribution is 7.12. The molecule has 2 amide bonds. The van der Waals surface area contributed by atoms with Crippen LogP contribution < -0.4 is 10.1 Å². The Morgan fingerprint density at radius 2 is 1.90 bits per heavy atom. The number of hydrogen-bond donors (Lipinski definition) is 1. The summed E-state index contributed by atoms with van der Waals surface area (Å²) in [5.74, 6) is -1.12. The zero-order chi connectivity index (χ0) is 21.2. The molecule has 29 heavy (non-hydrogen) atoms. The van der Waals surface area contributed by atoms with Crippen molar-refractivity contribution in [3.05, 3.63) is 46.7 Å². The number of esters is 1. The van der Waals surface area contributed by atoms with Crippen LogP contribution in [0.25, 0.3) is 0 Å². The number of rotatable bonds is 10. The summed E-state index contributed by atoms with van der Waals surface area (Å²) < 4.78 is 9.98. The quantitative estimate of drug-likeness (QED) is 0.469. The van der Waals surface area contributed by atoms with Gasteiger partial charge in [0, 0.05) is 25.2 Å². The molecule has 9 heteroatoms. The van der Waals surface area contributed by atoms with Crippen molar-refractivity contribution in [1.29, 1.82) is 0 Å². The Morgan fingerprint density at radius 1 is 1.10 bits per heavy atom. The van der Waals surface area contributed by atoms with Gasteiger partial charge in [-0.3, -0.25) is 19.2 Å². The molecule has 0 saturated carbocycles. The van der Waals surface area contributed by atoms with Gasteiger partial charge in [-0.05, 0) is 23.6 Å². The van der Waals surface area contributed by atoms with Crippen molar-refractivity contribution >= 4 is 40.6 Å². The lowest BCUT2D eigenvalue weighted by Gasteiger charge is -2.17. The van der Waals surface area contributed by atoms with Gasteiger partial charge in [-0.25, -0.2) is 0 Å². The van der Waals surface area contributed by atoms with E-state index < -0.39 is 24.4 Å². The van der Waals surface area contributed by atoms with Crippen molar-refractivity contribution in [2.45, 2.75) is 12.8 Å². The third kappa shape index (κ3) is 7.38. The topological polar surface area (TPSA) is 102 Å². The number of likely N-dealkylation sites (N-methyl/N-ethyl adjacent to an activating group) is 1. The largest absolute Gasteiger partial charge is 0.497 e. The third-order valence-corrected chi connectivity index (χ3v) is 4.78. The Morgan fingerprint density at radius 3 is 2.59 bits per heavy atom. The van der Waals surface area contributed by atoms with Crippen molar-refractivity contribution in [1.82, 2.24) is 4.90 Å². The normalized spacial score (nSPS) is 10.1. The number of anilines is 1. The number of ketones is 1. The van der Waals surface area contributed by atoms with Gasteiger partial charge in [-0.15, -0.1) is 11.3 Å². The molecule has 1 N–H and O–H groups in total. The molecule has 0 atom stereocenters. The molecule has 0 aliphatic carbocycles. The number of thiophene rings is 1. The van der Waals surface area contributed by atoms with E-state index in [1.54, 1.807) is 41.8 Å². The number of nitrogens with one attached hydrogen (secondary N) is 1. The van der Waals surface area contributed by atoms with Gasteiger partial charge in [0.15, 0.2) is 12.4 Å². The molecule has 2 aromatic rings. The first kappa shape index (κ1) is 22.1. The minimum atomic E-state index is -0.641. The lowest BCUT2D eigenvalue weighted by Crippen LogP contribution is -2.37. The summed E-state index contributed by atoms with van der Waals surface area (Å²) in [6.45, 7) is -0.695. The minimum Gasteiger partial charge on any atom is -0.497 e. The van der Waals surface area contributed by atoms with Crippen LogP contribution in [0.15, 0.2) is 41.8 Å². The van der Waals surface area contributed by atoms with E-state index in [4.69, 9.17) is 9.47 Å². The number of amides is 2. The molecule has 0 aliphatic rings. The highest BCUT2D eigenvalue weighted by Gasteiger charge is 2.16. The lowest BCUT2D eigenvalue weighted by atomic mass is 10.2. The van der Waals surface area contributed by atoms with E-state index in [2.05, 4.69) is 5.32 Å². The average molecular weight is 418 g/mol. The molecule has 8 nitrogen and oxygen atoms in total. The van der Waals surface area contributed by atoms with Crippen LogP contribution in [0, 0.1) is 0 Å². The van der Waals surface area contributed by atoms with Gasteiger partial charge in [-0.2, -0.15) is 0 Å². The van der Waals surface area contributed by atoms with E-state index in [1.807, 2.05) is 0 Å². The van der Waals surface area contributed by atoms with Gasteiger partial charge >= 0.3 is 5.97 Å². The van der Waals surface area contributed by atoms with Crippen molar-refractivity contribution in [2.24, 2.45) is 0 Å². The van der Waals surface area contributed by atoms with Gasteiger partial charge in [-0.1, -0.05) is 12.1 Å². The predicted octanol–water partition coefficient (Wildman–Crippen LogP) is 2.36. The molecule has 2 rings (SSSR count). The van der Waals surface area contributed by atoms with E-state index >= 15 is 0 Å². The van der Waals surface area contributed by atoms with E-state index in [-0.39, 0.29) is 25.2 Å². The molecule has 0 aliphatic heterocycles. The number of benzene rings is 1. The van der Waals surface area contributed by atoms with Gasteiger partial charge in [0.25, 0.3) is 5.91 Å². The highest BCUT2D eigenvalue weighted by atomic mass is 32.1. The molecule has 0 spiro atoms. The van der Waals surface area contributed by atoms with Crippen molar-refractivity contribution in [3.8, 4) is 5.75 Å². The summed E-state index contributed by atoms with van der Waals surface area (Å²) in [4.78, 5) is 49.4. The molecule has 1 heterocycles. The van der Waals surface area contributed by atoms with Gasteiger partial charge in [0.05, 0.1) is 25.0 Å². The molecule has 0 saturated heterocycles. The lowest BCUT2D eigenvalue weighted by molar-refractivity contribution is -0.151. The zero-order valence-corrected chi connectivity index (χ0v) is 17.0. The Bertz CT molecular complexity index is 866. The van der Waals surface area contributed by atoms with E-state index in [1.165, 1.54) is 25.5 Å². The summed E-state index contributed by atoms with van der Waals surface area (Å²) in [5.41, 5.74) is 0.539. The maximum atomic E-state index is 12.1. The van der Waals surface area contributed by atoms with Crippen LogP contribution in [-0.4, -0.2) is 55.8 Å². The second-order valence-corrected chi connectivity index (χ2v) is 7.04. The number of nitrogens with zero attached hydrogens (tertiary/aromatic N) is 1. The van der Waals surface area contributed by atoms with E-state index in [0.717, 1.165) is 4.90 Å². The van der Waals surface area contributed by atoms with E-state index in [0.29, 0.717) is 16.3 Å². The summed E-state index contributed by atoms with van der Waals surface area (Å²) in [7, 11) is 2.95. The number of carbonyl (C=O) groups is 4. The monoisotopic (exact) mass is 418 g/mol. The summed E-state index contributed by atoms with van der Waals surface area (Å²) in [5, 5.41) is 4.44. The van der Waals surface area contributed by atoms with Crippen LogP contribution in [0.4, 0.5) is 5.69 Å². The average Bonchev–Trinajstić information content (AvgIpc) is 3.25. The number of ether oxygens (including phenoxy) is 2. The summed E-state index contributed by atoms with van der Waals surface area (Å²) in [6, 6.07) is 10.3. The first-order chi connectivity index (χ1) is 13.9. The Labute approximate surface area is 172 Å². The first-order valence-electron chi connectivity index (χ1n) is 8.79. The molecule has 0 unspecified atom stereocenters. The fourth-order valence-corrected chi connectivity index (χ4v) is 3.00. The third-order valence-electron chi connectivity index (χ3n) is 3.87. The highest BCUT2D eigenvalue weighted by Crippen LogP contribution is 2.16. The molecule has 1 aromatic carbocycles. The molecular weight excluding hydrogens is 396 g/mol. The van der Waals surface area contributed by atoms with Crippen molar-refractivity contribution in [3.63, 3.8) is 0 Å². The van der Waals surface area contributed by atoms with Crippen LogP contribution >= 0.6 is 11.3 Å². The Balaban J connectivity index is 1.70. The van der Waals surface area contributed by atoms with Gasteiger partial charge < -0.3 is 19.7 Å². The van der Waals surface area contributed by atoms with Crippen LogP contribution in [-0.2, 0) is 19.1 Å². The number of methoxy groups -OCH3 is 1. The number of hydrogen-bond acceptors (Lipinski definition) is 7. The molecule has 0 fully saturated rings. The SMILES string of the molecule is COc1cccc(NC(=O)CN(C)C(=O)COC(=O)CCC(=O)c2cccs2)c1. The summed E-state index contributed by atoms with van der Waals surface area (Å²) in [6.07, 6.45) is -0.0869. The molecule has 0 radical (unpaired) electrons. The van der Waals surface area contributed by atoms with Gasteiger partial charge in [0.1, 0.15) is 5.75 Å². The zero-order valence-electron chi connectivity index (χ0n) is 16.2. The second kappa shape index (κ2) is 11.0. The Kier molecular flexibility index (Phi) is 8.35. The minimum absolute atomic E-state index is 0.0202. The maximum absolute atomic E-state index is 12.1. The van der Waals surface area contributed by atoms with Crippen molar-refractivity contribution < 1.29 is 28.7 Å².